The smallest absolute Gasteiger partial charge is 0.338 e. The van der Waals surface area contributed by atoms with Crippen molar-refractivity contribution in [3.05, 3.63) is 18.2 Å². The molecule has 1 aromatic heterocycles. The Balaban J connectivity index is 1.88. The van der Waals surface area contributed by atoms with Crippen LogP contribution in [0.5, 0.6) is 0 Å². The molecule has 0 N–H and O–H groups in total. The van der Waals surface area contributed by atoms with E-state index in [-0.39, 0.29) is 25.0 Å². The number of carbonyl (C=O) groups excluding carboxylic acids is 1. The van der Waals surface area contributed by atoms with Gasteiger partial charge >= 0.3 is 6.18 Å². The van der Waals surface area contributed by atoms with E-state index in [1.54, 1.807) is 12.4 Å². The highest BCUT2D eigenvalue weighted by molar-refractivity contribution is 5.81. The fourth-order valence-electron chi connectivity index (χ4n) is 2.86. The Hall–Kier alpha value is -1.33. The molecule has 1 heterocycles. The maximum absolute atomic E-state index is 12.7. The molecule has 0 radical (unpaired) electrons. The summed E-state index contributed by atoms with van der Waals surface area (Å²) in [5.41, 5.74) is 0. The summed E-state index contributed by atoms with van der Waals surface area (Å²) in [4.78, 5) is 16.2. The van der Waals surface area contributed by atoms with Gasteiger partial charge in [-0.25, -0.2) is 4.98 Å². The summed E-state index contributed by atoms with van der Waals surface area (Å²) in [6, 6.07) is 0. The van der Waals surface area contributed by atoms with E-state index in [0.29, 0.717) is 19.3 Å². The Bertz CT molecular complexity index is 467. The molecule has 6 heteroatoms. The lowest BCUT2D eigenvalue weighted by molar-refractivity contribution is -0.186. The number of ketones is 1. The Labute approximate surface area is 116 Å². The highest BCUT2D eigenvalue weighted by Crippen LogP contribution is 2.40. The van der Waals surface area contributed by atoms with Crippen LogP contribution in [0.4, 0.5) is 13.2 Å². The molecular weight excluding hydrogens is 269 g/mol. The average Bonchev–Trinajstić information content (AvgIpc) is 2.81. The molecule has 1 saturated carbocycles. The number of aryl methyl sites for hydroxylation is 2. The molecule has 0 aromatic carbocycles. The number of Topliss-reactive ketones (excluding diaryl/α,β-unsaturated/α-hetero) is 1. The van der Waals surface area contributed by atoms with Crippen LogP contribution in [0, 0.1) is 11.8 Å². The van der Waals surface area contributed by atoms with E-state index in [1.807, 2.05) is 11.6 Å². The quantitative estimate of drug-likeness (QED) is 0.852. The fourth-order valence-corrected chi connectivity index (χ4v) is 2.86. The first kappa shape index (κ1) is 15.1. The molecule has 112 valence electrons. The second-order valence-electron chi connectivity index (χ2n) is 5.52. The van der Waals surface area contributed by atoms with Gasteiger partial charge in [-0.3, -0.25) is 4.79 Å². The molecule has 20 heavy (non-hydrogen) atoms. The lowest BCUT2D eigenvalue weighted by Gasteiger charge is -2.29. The van der Waals surface area contributed by atoms with Crippen molar-refractivity contribution in [2.24, 2.45) is 18.9 Å². The number of carbonyl (C=O) groups is 1. The molecule has 2 atom stereocenters. The summed E-state index contributed by atoms with van der Waals surface area (Å²) in [6.45, 7) is 0. The van der Waals surface area contributed by atoms with Crippen molar-refractivity contribution < 1.29 is 18.0 Å². The van der Waals surface area contributed by atoms with Crippen LogP contribution in [0.2, 0.25) is 0 Å². The summed E-state index contributed by atoms with van der Waals surface area (Å²) in [6.07, 6.45) is 1.25. The van der Waals surface area contributed by atoms with Gasteiger partial charge in [0.25, 0.3) is 0 Å². The third-order valence-electron chi connectivity index (χ3n) is 4.11. The number of hydrogen-bond acceptors (Lipinski definition) is 2. The first-order valence-electron chi connectivity index (χ1n) is 6.93. The van der Waals surface area contributed by atoms with Gasteiger partial charge in [-0.2, -0.15) is 13.2 Å². The molecule has 3 nitrogen and oxygen atoms in total. The Morgan fingerprint density at radius 2 is 2.20 bits per heavy atom. The monoisotopic (exact) mass is 288 g/mol. The molecule has 2 rings (SSSR count). The lowest BCUT2D eigenvalue weighted by atomic mass is 9.78. The second-order valence-corrected chi connectivity index (χ2v) is 5.52. The van der Waals surface area contributed by atoms with E-state index in [1.165, 1.54) is 0 Å². The Kier molecular flexibility index (Phi) is 4.50. The second kappa shape index (κ2) is 5.97. The third-order valence-corrected chi connectivity index (χ3v) is 4.11. The molecule has 0 aliphatic heterocycles. The predicted molar refractivity (Wildman–Crippen MR) is 68.0 cm³/mol. The standard InChI is InChI=1S/C14H19F3N2O/c1-19-8-7-18-13(19)6-5-12(20)10-3-2-4-11(9-10)14(15,16)17/h7-8,10-11H,2-6,9H2,1H3. The first-order valence-corrected chi connectivity index (χ1v) is 6.93. The molecule has 1 fully saturated rings. The molecular formula is C14H19F3N2O. The summed E-state index contributed by atoms with van der Waals surface area (Å²) >= 11 is 0. The predicted octanol–water partition coefficient (Wildman–Crippen LogP) is 3.29. The van der Waals surface area contributed by atoms with Gasteiger partial charge in [-0.05, 0) is 19.3 Å². The van der Waals surface area contributed by atoms with E-state index in [0.717, 1.165) is 5.82 Å². The van der Waals surface area contributed by atoms with Gasteiger partial charge in [0.05, 0.1) is 5.92 Å². The van der Waals surface area contributed by atoms with E-state index in [4.69, 9.17) is 0 Å². The molecule has 1 aliphatic carbocycles. The summed E-state index contributed by atoms with van der Waals surface area (Å²) in [5.74, 6) is -1.00. The topological polar surface area (TPSA) is 34.9 Å². The van der Waals surface area contributed by atoms with Crippen LogP contribution in [0.25, 0.3) is 0 Å². The summed E-state index contributed by atoms with van der Waals surface area (Å²) < 4.78 is 40.0. The van der Waals surface area contributed by atoms with Gasteiger partial charge in [-0.15, -0.1) is 0 Å². The largest absolute Gasteiger partial charge is 0.391 e. The van der Waals surface area contributed by atoms with Crippen molar-refractivity contribution in [3.8, 4) is 0 Å². The number of imidazole rings is 1. The SMILES string of the molecule is Cn1ccnc1CCC(=O)C1CCCC(C(F)(F)F)C1. The van der Waals surface area contributed by atoms with Crippen LogP contribution in [-0.2, 0) is 18.3 Å². The van der Waals surface area contributed by atoms with Crippen molar-refractivity contribution >= 4 is 5.78 Å². The normalized spacial score (nSPS) is 23.8. The molecule has 2 unspecified atom stereocenters. The highest BCUT2D eigenvalue weighted by Gasteiger charge is 2.43. The third kappa shape index (κ3) is 3.61. The van der Waals surface area contributed by atoms with Gasteiger partial charge in [-0.1, -0.05) is 6.42 Å². The van der Waals surface area contributed by atoms with Crippen molar-refractivity contribution in [2.75, 3.05) is 0 Å². The van der Waals surface area contributed by atoms with Gasteiger partial charge in [0, 0.05) is 38.2 Å². The minimum absolute atomic E-state index is 0.0388. The molecule has 1 aromatic rings. The van der Waals surface area contributed by atoms with E-state index in [9.17, 15) is 18.0 Å². The fraction of sp³-hybridized carbons (Fsp3) is 0.714. The van der Waals surface area contributed by atoms with E-state index < -0.39 is 18.0 Å². The van der Waals surface area contributed by atoms with Crippen LogP contribution < -0.4 is 0 Å². The van der Waals surface area contributed by atoms with Crippen molar-refractivity contribution in [1.82, 2.24) is 9.55 Å². The average molecular weight is 288 g/mol. The molecule has 0 saturated heterocycles. The molecule has 1 aliphatic rings. The first-order chi connectivity index (χ1) is 9.38. The van der Waals surface area contributed by atoms with Gasteiger partial charge in [0.1, 0.15) is 11.6 Å². The Morgan fingerprint density at radius 1 is 1.45 bits per heavy atom. The minimum atomic E-state index is -4.17. The maximum atomic E-state index is 12.7. The zero-order valence-corrected chi connectivity index (χ0v) is 11.5. The van der Waals surface area contributed by atoms with Crippen LogP contribution >= 0.6 is 0 Å². The zero-order valence-electron chi connectivity index (χ0n) is 11.5. The van der Waals surface area contributed by atoms with Crippen LogP contribution in [0.1, 0.15) is 37.9 Å². The van der Waals surface area contributed by atoms with Gasteiger partial charge < -0.3 is 4.57 Å². The summed E-state index contributed by atoms with van der Waals surface area (Å²) in [5, 5.41) is 0. The number of aromatic nitrogens is 2. The van der Waals surface area contributed by atoms with Crippen molar-refractivity contribution in [1.29, 1.82) is 0 Å². The number of halogens is 3. The number of alkyl halides is 3. The summed E-state index contributed by atoms with van der Waals surface area (Å²) in [7, 11) is 1.84. The number of rotatable bonds is 4. The van der Waals surface area contributed by atoms with Crippen molar-refractivity contribution in [2.45, 2.75) is 44.7 Å². The minimum Gasteiger partial charge on any atom is -0.338 e. The van der Waals surface area contributed by atoms with Gasteiger partial charge in [0.15, 0.2) is 0 Å². The molecule has 0 amide bonds. The lowest BCUT2D eigenvalue weighted by Crippen LogP contribution is -2.32. The van der Waals surface area contributed by atoms with E-state index >= 15 is 0 Å². The van der Waals surface area contributed by atoms with Gasteiger partial charge in [0.2, 0.25) is 0 Å². The van der Waals surface area contributed by atoms with Crippen LogP contribution in [-0.4, -0.2) is 21.5 Å². The number of hydrogen-bond donors (Lipinski definition) is 0. The van der Waals surface area contributed by atoms with Crippen molar-refractivity contribution in [3.63, 3.8) is 0 Å². The zero-order chi connectivity index (χ0) is 14.8. The van der Waals surface area contributed by atoms with E-state index in [2.05, 4.69) is 4.98 Å². The maximum Gasteiger partial charge on any atom is 0.391 e. The Morgan fingerprint density at radius 3 is 2.80 bits per heavy atom. The highest BCUT2D eigenvalue weighted by atomic mass is 19.4. The number of nitrogens with zero attached hydrogens (tertiary/aromatic N) is 2. The molecule has 0 spiro atoms. The molecule has 0 bridgehead atoms. The van der Waals surface area contributed by atoms with Crippen LogP contribution in [0.3, 0.4) is 0 Å². The van der Waals surface area contributed by atoms with Crippen LogP contribution in [0.15, 0.2) is 12.4 Å².